The van der Waals surface area contributed by atoms with Crippen molar-refractivity contribution in [2.24, 2.45) is 5.92 Å². The van der Waals surface area contributed by atoms with E-state index >= 15 is 0 Å². The van der Waals surface area contributed by atoms with Crippen molar-refractivity contribution in [3.05, 3.63) is 29.6 Å². The maximum Gasteiger partial charge on any atom is 0.260 e. The Balaban J connectivity index is 2.11. The molecule has 1 fully saturated rings. The molecule has 7 nitrogen and oxygen atoms in total. The van der Waals surface area contributed by atoms with Gasteiger partial charge in [-0.25, -0.2) is 30.0 Å². The van der Waals surface area contributed by atoms with Gasteiger partial charge in [0.1, 0.15) is 4.90 Å². The maximum absolute atomic E-state index is 13.5. The van der Waals surface area contributed by atoms with Crippen molar-refractivity contribution >= 4 is 25.8 Å². The summed E-state index contributed by atoms with van der Waals surface area (Å²) < 4.78 is 85.3. The number of hydrazine groups is 1. The van der Waals surface area contributed by atoms with E-state index < -0.39 is 59.8 Å². The van der Waals surface area contributed by atoms with Crippen LogP contribution in [0.3, 0.4) is 0 Å². The quantitative estimate of drug-likeness (QED) is 0.564. The van der Waals surface area contributed by atoms with E-state index in [0.717, 1.165) is 0 Å². The Kier molecular flexibility index (Phi) is 4.69. The van der Waals surface area contributed by atoms with Crippen LogP contribution in [0.4, 0.5) is 13.2 Å². The minimum absolute atomic E-state index is 0.0232. The van der Waals surface area contributed by atoms with Gasteiger partial charge in [0, 0.05) is 0 Å². The van der Waals surface area contributed by atoms with Gasteiger partial charge in [0.2, 0.25) is 5.91 Å². The van der Waals surface area contributed by atoms with Gasteiger partial charge in [-0.1, -0.05) is 0 Å². The van der Waals surface area contributed by atoms with Crippen molar-refractivity contribution in [2.75, 3.05) is 11.5 Å². The van der Waals surface area contributed by atoms with E-state index in [1.54, 1.807) is 5.43 Å². The highest BCUT2D eigenvalue weighted by molar-refractivity contribution is 7.91. The fraction of sp³-hybridized carbons (Fsp3) is 0.364. The molecule has 0 aromatic heterocycles. The first-order chi connectivity index (χ1) is 10.5. The molecule has 12 heteroatoms. The fourth-order valence-corrected chi connectivity index (χ4v) is 4.65. The van der Waals surface area contributed by atoms with Crippen LogP contribution >= 0.6 is 0 Å². The normalized spacial score (nSPS) is 20.4. The molecule has 1 amide bonds. The first kappa shape index (κ1) is 17.7. The van der Waals surface area contributed by atoms with Gasteiger partial charge in [0.05, 0.1) is 17.4 Å². The lowest BCUT2D eigenvalue weighted by atomic mass is 10.1. The third-order valence-corrected chi connectivity index (χ3v) is 6.23. The van der Waals surface area contributed by atoms with Gasteiger partial charge in [-0.05, 0) is 18.6 Å². The van der Waals surface area contributed by atoms with Gasteiger partial charge < -0.3 is 0 Å². The lowest BCUT2D eigenvalue weighted by Crippen LogP contribution is -2.45. The molecule has 0 spiro atoms. The summed E-state index contributed by atoms with van der Waals surface area (Å²) in [5, 5.41) is 0. The van der Waals surface area contributed by atoms with Crippen LogP contribution in [0.15, 0.2) is 17.0 Å². The number of hydrogen-bond acceptors (Lipinski definition) is 5. The maximum atomic E-state index is 13.5. The SMILES string of the molecule is O=C(NNS(=O)(=O)c1ccc(F)c(F)c1F)[C@H]1CCS(=O)(=O)C1. The third kappa shape index (κ3) is 3.82. The number of sulfonamides is 1. The predicted molar refractivity (Wildman–Crippen MR) is 71.5 cm³/mol. The fourth-order valence-electron chi connectivity index (χ4n) is 1.99. The van der Waals surface area contributed by atoms with E-state index in [2.05, 4.69) is 0 Å². The van der Waals surface area contributed by atoms with Crippen molar-refractivity contribution in [3.8, 4) is 0 Å². The number of amides is 1. The second kappa shape index (κ2) is 6.09. The third-order valence-electron chi connectivity index (χ3n) is 3.20. The molecule has 0 bridgehead atoms. The Labute approximate surface area is 129 Å². The summed E-state index contributed by atoms with van der Waals surface area (Å²) in [7, 11) is -8.05. The molecule has 1 saturated heterocycles. The predicted octanol–water partition coefficient (Wildman–Crippen LogP) is -0.152. The molecule has 0 saturated carbocycles. The molecular weight excluding hydrogens is 361 g/mol. The van der Waals surface area contributed by atoms with Crippen LogP contribution < -0.4 is 10.3 Å². The molecule has 1 atom stereocenters. The first-order valence-corrected chi connectivity index (χ1v) is 9.49. The highest BCUT2D eigenvalue weighted by Gasteiger charge is 2.34. The Morgan fingerprint density at radius 1 is 1.17 bits per heavy atom. The minimum atomic E-state index is -4.70. The standard InChI is InChI=1S/C11H11F3N2O5S2/c12-7-1-2-8(10(14)9(7)13)23(20,21)16-15-11(17)6-3-4-22(18,19)5-6/h1-2,6,16H,3-5H2,(H,15,17)/t6-/m0/s1. The molecule has 23 heavy (non-hydrogen) atoms. The van der Waals surface area contributed by atoms with Crippen LogP contribution in [0.5, 0.6) is 0 Å². The molecule has 1 heterocycles. The van der Waals surface area contributed by atoms with Crippen molar-refractivity contribution in [3.63, 3.8) is 0 Å². The van der Waals surface area contributed by atoms with Gasteiger partial charge in [0.15, 0.2) is 27.3 Å². The number of rotatable bonds is 4. The van der Waals surface area contributed by atoms with Crippen LogP contribution in [0.2, 0.25) is 0 Å². The van der Waals surface area contributed by atoms with E-state index in [9.17, 15) is 34.8 Å². The minimum Gasteiger partial charge on any atom is -0.277 e. The van der Waals surface area contributed by atoms with Crippen molar-refractivity contribution in [2.45, 2.75) is 11.3 Å². The summed E-state index contributed by atoms with van der Waals surface area (Å²) in [5.74, 6) is -7.97. The van der Waals surface area contributed by atoms with Crippen LogP contribution in [-0.2, 0) is 24.7 Å². The molecule has 0 unspecified atom stereocenters. The number of carbonyl (C=O) groups excluding carboxylic acids is 1. The molecule has 0 aliphatic carbocycles. The van der Waals surface area contributed by atoms with Crippen molar-refractivity contribution in [1.82, 2.24) is 10.3 Å². The molecule has 2 rings (SSSR count). The average Bonchev–Trinajstić information content (AvgIpc) is 2.82. The molecule has 0 radical (unpaired) electrons. The number of sulfone groups is 1. The lowest BCUT2D eigenvalue weighted by molar-refractivity contribution is -0.124. The van der Waals surface area contributed by atoms with Gasteiger partial charge in [0.25, 0.3) is 10.0 Å². The molecule has 1 aromatic rings. The number of benzene rings is 1. The van der Waals surface area contributed by atoms with Crippen LogP contribution in [0, 0.1) is 23.4 Å². The second-order valence-corrected chi connectivity index (χ2v) is 8.75. The zero-order valence-electron chi connectivity index (χ0n) is 11.3. The van der Waals surface area contributed by atoms with Crippen LogP contribution in [0.1, 0.15) is 6.42 Å². The molecule has 2 N–H and O–H groups in total. The van der Waals surface area contributed by atoms with Gasteiger partial charge >= 0.3 is 0 Å². The Hall–Kier alpha value is -1.66. The van der Waals surface area contributed by atoms with Crippen molar-refractivity contribution < 1.29 is 34.8 Å². The van der Waals surface area contributed by atoms with Gasteiger partial charge in [-0.3, -0.25) is 10.2 Å². The molecule has 1 aromatic carbocycles. The Morgan fingerprint density at radius 3 is 2.39 bits per heavy atom. The molecule has 128 valence electrons. The van der Waals surface area contributed by atoms with E-state index in [-0.39, 0.29) is 12.2 Å². The topological polar surface area (TPSA) is 109 Å². The van der Waals surface area contributed by atoms with Gasteiger partial charge in [-0.2, -0.15) is 0 Å². The molecule has 1 aliphatic rings. The first-order valence-electron chi connectivity index (χ1n) is 6.19. The summed E-state index contributed by atoms with van der Waals surface area (Å²) in [6.07, 6.45) is 0.0232. The highest BCUT2D eigenvalue weighted by Crippen LogP contribution is 2.20. The largest absolute Gasteiger partial charge is 0.277 e. The number of carbonyl (C=O) groups is 1. The van der Waals surface area contributed by atoms with Gasteiger partial charge in [-0.15, -0.1) is 4.83 Å². The van der Waals surface area contributed by atoms with E-state index in [1.165, 1.54) is 4.83 Å². The van der Waals surface area contributed by atoms with E-state index in [4.69, 9.17) is 0 Å². The lowest BCUT2D eigenvalue weighted by Gasteiger charge is -2.12. The van der Waals surface area contributed by atoms with Crippen LogP contribution in [0.25, 0.3) is 0 Å². The monoisotopic (exact) mass is 372 g/mol. The number of halogens is 3. The average molecular weight is 372 g/mol. The van der Waals surface area contributed by atoms with E-state index in [1.807, 2.05) is 0 Å². The van der Waals surface area contributed by atoms with Crippen molar-refractivity contribution in [1.29, 1.82) is 0 Å². The van der Waals surface area contributed by atoms with Crippen LogP contribution in [-0.4, -0.2) is 34.2 Å². The zero-order chi connectivity index (χ0) is 17.4. The number of hydrogen-bond donors (Lipinski definition) is 2. The Morgan fingerprint density at radius 2 is 1.83 bits per heavy atom. The summed E-state index contributed by atoms with van der Waals surface area (Å²) in [6.45, 7) is 0. The summed E-state index contributed by atoms with van der Waals surface area (Å²) in [6, 6.07) is 0.903. The summed E-state index contributed by atoms with van der Waals surface area (Å²) in [5.41, 5.74) is 1.74. The highest BCUT2D eigenvalue weighted by atomic mass is 32.2. The van der Waals surface area contributed by atoms with E-state index in [0.29, 0.717) is 12.1 Å². The molecular formula is C11H11F3N2O5S2. The summed E-state index contributed by atoms with van der Waals surface area (Å²) >= 11 is 0. The zero-order valence-corrected chi connectivity index (χ0v) is 13.0. The summed E-state index contributed by atoms with van der Waals surface area (Å²) in [4.78, 5) is 12.0. The Bertz CT molecular complexity index is 855. The number of nitrogens with one attached hydrogen (secondary N) is 2. The smallest absolute Gasteiger partial charge is 0.260 e. The molecule has 1 aliphatic heterocycles. The second-order valence-electron chi connectivity index (χ2n) is 4.87.